The Balaban J connectivity index is 1.68. The predicted octanol–water partition coefficient (Wildman–Crippen LogP) is 2.07. The van der Waals surface area contributed by atoms with Gasteiger partial charge in [-0.15, -0.1) is 0 Å². The molecule has 0 saturated carbocycles. The van der Waals surface area contributed by atoms with Gasteiger partial charge < -0.3 is 10.2 Å². The van der Waals surface area contributed by atoms with Crippen LogP contribution in [0.25, 0.3) is 0 Å². The zero-order valence-electron chi connectivity index (χ0n) is 16.7. The van der Waals surface area contributed by atoms with Crippen molar-refractivity contribution in [3.05, 3.63) is 54.1 Å². The molecule has 0 aromatic heterocycles. The summed E-state index contributed by atoms with van der Waals surface area (Å²) in [4.78, 5) is 37.7. The van der Waals surface area contributed by atoms with E-state index in [9.17, 15) is 22.8 Å². The van der Waals surface area contributed by atoms with Crippen molar-refractivity contribution in [2.45, 2.75) is 31.6 Å². The van der Waals surface area contributed by atoms with Crippen LogP contribution in [-0.4, -0.2) is 32.7 Å². The number of benzene rings is 2. The van der Waals surface area contributed by atoms with Gasteiger partial charge in [0.1, 0.15) is 0 Å². The van der Waals surface area contributed by atoms with Crippen LogP contribution < -0.4 is 14.9 Å². The van der Waals surface area contributed by atoms with Gasteiger partial charge in [-0.1, -0.05) is 25.1 Å². The maximum atomic E-state index is 12.7. The number of para-hydroxylation sites is 1. The molecule has 0 bridgehead atoms. The third-order valence-electron chi connectivity index (χ3n) is 4.87. The average Bonchev–Trinajstić information content (AvgIpc) is 3.09. The number of amides is 3. The van der Waals surface area contributed by atoms with Crippen molar-refractivity contribution in [1.29, 1.82) is 0 Å². The van der Waals surface area contributed by atoms with Gasteiger partial charge in [-0.05, 0) is 42.3 Å². The lowest BCUT2D eigenvalue weighted by Gasteiger charge is -2.20. The molecular weight excluding hydrogens is 406 g/mol. The lowest BCUT2D eigenvalue weighted by atomic mass is 10.1. The molecule has 158 valence electrons. The first-order valence-corrected chi connectivity index (χ1v) is 11.0. The quantitative estimate of drug-likeness (QED) is 0.730. The minimum absolute atomic E-state index is 0.0888. The van der Waals surface area contributed by atoms with Crippen molar-refractivity contribution < 1.29 is 22.8 Å². The summed E-state index contributed by atoms with van der Waals surface area (Å²) in [6.45, 7) is 3.41. The molecule has 0 spiro atoms. The Morgan fingerprint density at radius 3 is 2.40 bits per heavy atom. The smallest absolute Gasteiger partial charge is 0.264 e. The fourth-order valence-electron chi connectivity index (χ4n) is 3.40. The first kappa shape index (κ1) is 21.5. The molecule has 1 fully saturated rings. The van der Waals surface area contributed by atoms with E-state index in [2.05, 4.69) is 5.32 Å². The Kier molecular flexibility index (Phi) is 6.21. The third kappa shape index (κ3) is 4.68. The Hall–Kier alpha value is -3.20. The molecule has 3 amide bonds. The number of nitrogens with zero attached hydrogens (tertiary/aromatic N) is 1. The van der Waals surface area contributed by atoms with Gasteiger partial charge in [-0.25, -0.2) is 13.1 Å². The van der Waals surface area contributed by atoms with Gasteiger partial charge >= 0.3 is 0 Å². The zero-order chi connectivity index (χ0) is 21.9. The molecule has 1 heterocycles. The van der Waals surface area contributed by atoms with E-state index >= 15 is 0 Å². The summed E-state index contributed by atoms with van der Waals surface area (Å²) >= 11 is 0. The number of carbonyl (C=O) groups excluding carboxylic acids is 3. The van der Waals surface area contributed by atoms with Crippen molar-refractivity contribution >= 4 is 39.1 Å². The van der Waals surface area contributed by atoms with Crippen molar-refractivity contribution in [3.63, 3.8) is 0 Å². The highest BCUT2D eigenvalue weighted by Gasteiger charge is 2.35. The van der Waals surface area contributed by atoms with Gasteiger partial charge in [0, 0.05) is 31.3 Å². The van der Waals surface area contributed by atoms with Gasteiger partial charge in [0.15, 0.2) is 0 Å². The summed E-state index contributed by atoms with van der Waals surface area (Å²) in [6.07, 6.45) is 0.892. The summed E-state index contributed by atoms with van der Waals surface area (Å²) in [5.41, 5.74) is 2.28. The van der Waals surface area contributed by atoms with Crippen molar-refractivity contribution in [2.24, 2.45) is 5.92 Å². The van der Waals surface area contributed by atoms with Crippen LogP contribution in [-0.2, 0) is 30.8 Å². The molecule has 30 heavy (non-hydrogen) atoms. The molecule has 0 aliphatic carbocycles. The van der Waals surface area contributed by atoms with E-state index in [4.69, 9.17) is 0 Å². The molecular formula is C21H23N3O5S. The Labute approximate surface area is 175 Å². The van der Waals surface area contributed by atoms with Crippen LogP contribution in [0.3, 0.4) is 0 Å². The van der Waals surface area contributed by atoms with E-state index in [1.165, 1.54) is 24.3 Å². The average molecular weight is 429 g/mol. The highest BCUT2D eigenvalue weighted by atomic mass is 32.2. The maximum Gasteiger partial charge on any atom is 0.264 e. The number of rotatable bonds is 6. The standard InChI is InChI=1S/C21H23N3O5S/c1-3-15-6-4-5-7-19(15)24-13-16(12-20(24)26)21(27)22-17-8-10-18(11-9-17)30(28,29)23-14(2)25/h4-11,16H,3,12-13H2,1-2H3,(H,22,27)(H,23,25). The normalized spacial score (nSPS) is 16.4. The second-order valence-electron chi connectivity index (χ2n) is 7.06. The lowest BCUT2D eigenvalue weighted by Crippen LogP contribution is -2.29. The fraction of sp³-hybridized carbons (Fsp3) is 0.286. The van der Waals surface area contributed by atoms with E-state index in [0.29, 0.717) is 5.69 Å². The predicted molar refractivity (Wildman–Crippen MR) is 112 cm³/mol. The molecule has 1 atom stereocenters. The van der Waals surface area contributed by atoms with Gasteiger partial charge in [0.25, 0.3) is 10.0 Å². The number of aryl methyl sites for hydroxylation is 1. The van der Waals surface area contributed by atoms with Crippen molar-refractivity contribution in [1.82, 2.24) is 4.72 Å². The van der Waals surface area contributed by atoms with Crippen LogP contribution in [0.4, 0.5) is 11.4 Å². The van der Waals surface area contributed by atoms with Crippen molar-refractivity contribution in [2.75, 3.05) is 16.8 Å². The summed E-state index contributed by atoms with van der Waals surface area (Å²) < 4.78 is 25.8. The molecule has 9 heteroatoms. The number of anilines is 2. The second-order valence-corrected chi connectivity index (χ2v) is 8.75. The van der Waals surface area contributed by atoms with Crippen LogP contribution in [0.15, 0.2) is 53.4 Å². The molecule has 0 radical (unpaired) electrons. The van der Waals surface area contributed by atoms with Crippen molar-refractivity contribution in [3.8, 4) is 0 Å². The molecule has 8 nitrogen and oxygen atoms in total. The monoisotopic (exact) mass is 429 g/mol. The molecule has 3 rings (SSSR count). The SMILES string of the molecule is CCc1ccccc1N1CC(C(=O)Nc2ccc(S(=O)(=O)NC(C)=O)cc2)CC1=O. The first-order valence-electron chi connectivity index (χ1n) is 9.54. The molecule has 1 unspecified atom stereocenters. The first-order chi connectivity index (χ1) is 14.2. The van der Waals surface area contributed by atoms with Gasteiger partial charge in [0.2, 0.25) is 17.7 Å². The number of carbonyl (C=O) groups is 3. The summed E-state index contributed by atoms with van der Waals surface area (Å²) in [6, 6.07) is 13.1. The summed E-state index contributed by atoms with van der Waals surface area (Å²) in [7, 11) is -3.94. The molecule has 2 N–H and O–H groups in total. The minimum atomic E-state index is -3.94. The van der Waals surface area contributed by atoms with Crippen LogP contribution in [0.5, 0.6) is 0 Å². The van der Waals surface area contributed by atoms with E-state index in [0.717, 1.165) is 24.6 Å². The molecule has 1 aliphatic heterocycles. The van der Waals surface area contributed by atoms with Crippen LogP contribution in [0.1, 0.15) is 25.8 Å². The van der Waals surface area contributed by atoms with Gasteiger partial charge in [0.05, 0.1) is 10.8 Å². The fourth-order valence-corrected chi connectivity index (χ4v) is 4.39. The summed E-state index contributed by atoms with van der Waals surface area (Å²) in [5, 5.41) is 2.72. The highest BCUT2D eigenvalue weighted by molar-refractivity contribution is 7.90. The van der Waals surface area contributed by atoms with Gasteiger partial charge in [-0.3, -0.25) is 14.4 Å². The van der Waals surface area contributed by atoms with Crippen LogP contribution in [0.2, 0.25) is 0 Å². The lowest BCUT2D eigenvalue weighted by molar-refractivity contribution is -0.122. The van der Waals surface area contributed by atoms with E-state index < -0.39 is 21.8 Å². The summed E-state index contributed by atoms with van der Waals surface area (Å²) in [5.74, 6) is -1.61. The number of hydrogen-bond donors (Lipinski definition) is 2. The van der Waals surface area contributed by atoms with Gasteiger partial charge in [-0.2, -0.15) is 0 Å². The number of nitrogens with one attached hydrogen (secondary N) is 2. The Morgan fingerprint density at radius 2 is 1.77 bits per heavy atom. The Morgan fingerprint density at radius 1 is 1.10 bits per heavy atom. The van der Waals surface area contributed by atoms with E-state index in [1.807, 2.05) is 35.9 Å². The number of hydrogen-bond acceptors (Lipinski definition) is 5. The maximum absolute atomic E-state index is 12.7. The molecule has 1 saturated heterocycles. The molecule has 2 aromatic rings. The van der Waals surface area contributed by atoms with Crippen LogP contribution in [0, 0.1) is 5.92 Å². The van der Waals surface area contributed by atoms with E-state index in [-0.39, 0.29) is 29.7 Å². The van der Waals surface area contributed by atoms with Crippen LogP contribution >= 0.6 is 0 Å². The Bertz CT molecular complexity index is 1080. The topological polar surface area (TPSA) is 113 Å². The largest absolute Gasteiger partial charge is 0.326 e. The number of sulfonamides is 1. The highest BCUT2D eigenvalue weighted by Crippen LogP contribution is 2.29. The zero-order valence-corrected chi connectivity index (χ0v) is 17.5. The third-order valence-corrected chi connectivity index (χ3v) is 6.32. The molecule has 2 aromatic carbocycles. The molecule has 1 aliphatic rings. The second kappa shape index (κ2) is 8.66. The minimum Gasteiger partial charge on any atom is -0.326 e. The van der Waals surface area contributed by atoms with E-state index in [1.54, 1.807) is 4.90 Å².